The molecule has 0 spiro atoms. The number of hydrogen-bond acceptors (Lipinski definition) is 8. The predicted octanol–water partition coefficient (Wildman–Crippen LogP) is 1.42. The van der Waals surface area contributed by atoms with Gasteiger partial charge in [-0.3, -0.25) is 29.5 Å². The molecule has 3 amide bonds. The number of nitrogens with zero attached hydrogens (tertiary/aromatic N) is 2. The van der Waals surface area contributed by atoms with Crippen molar-refractivity contribution in [2.24, 2.45) is 0 Å². The lowest BCUT2D eigenvalue weighted by Gasteiger charge is -2.31. The van der Waals surface area contributed by atoms with Crippen LogP contribution in [0.15, 0.2) is 42.5 Å². The van der Waals surface area contributed by atoms with E-state index in [0.717, 1.165) is 18.7 Å². The van der Waals surface area contributed by atoms with Crippen LogP contribution in [-0.4, -0.2) is 78.1 Å². The molecule has 3 aliphatic heterocycles. The molecule has 3 aliphatic rings. The van der Waals surface area contributed by atoms with Crippen LogP contribution in [0.3, 0.4) is 0 Å². The van der Waals surface area contributed by atoms with E-state index in [1.54, 1.807) is 29.2 Å². The van der Waals surface area contributed by atoms with Gasteiger partial charge in [-0.2, -0.15) is 8.78 Å². The Balaban J connectivity index is 1.16. The smallest absolute Gasteiger partial charge is 0.349 e. The van der Waals surface area contributed by atoms with Crippen molar-refractivity contribution in [2.75, 3.05) is 39.5 Å². The lowest BCUT2D eigenvalue weighted by molar-refractivity contribution is -0.147. The second-order valence-electron chi connectivity index (χ2n) is 10.1. The monoisotopic (exact) mass is 558 g/mol. The topological polar surface area (TPSA) is 120 Å². The highest BCUT2D eigenvalue weighted by Gasteiger charge is 2.42. The first kappa shape index (κ1) is 28.1. The standard InChI is InChI=1S/C28H32F2N4O6/c29-28(30,20-2-1-3-21(15-20)40-13-10-33-8-11-39-12-9-33)27(38)31-16-18-4-5-22-19(14-18)17-34(26(22)37)23-6-7-24(35)32-25(23)36/h1-5,14-15,23,26,37H,6-13,16-17H2,(H,31,38)(H,32,35,36)/t23?,26-/m0/s1. The second kappa shape index (κ2) is 12.0. The molecule has 0 bridgehead atoms. The molecule has 3 N–H and O–H groups in total. The number of rotatable bonds is 9. The maximum absolute atomic E-state index is 15.0. The number of ether oxygens (including phenoxy) is 2. The van der Waals surface area contributed by atoms with E-state index in [2.05, 4.69) is 15.5 Å². The van der Waals surface area contributed by atoms with E-state index in [0.29, 0.717) is 43.9 Å². The zero-order valence-corrected chi connectivity index (χ0v) is 21.9. The summed E-state index contributed by atoms with van der Waals surface area (Å²) < 4.78 is 41.1. The van der Waals surface area contributed by atoms with Crippen LogP contribution in [0.25, 0.3) is 0 Å². The zero-order valence-electron chi connectivity index (χ0n) is 21.9. The van der Waals surface area contributed by atoms with Gasteiger partial charge in [-0.15, -0.1) is 0 Å². The molecule has 3 heterocycles. The minimum Gasteiger partial charge on any atom is -0.492 e. The minimum absolute atomic E-state index is 0.147. The van der Waals surface area contributed by atoms with Crippen molar-refractivity contribution in [1.82, 2.24) is 20.4 Å². The van der Waals surface area contributed by atoms with Crippen LogP contribution in [0, 0.1) is 0 Å². The molecule has 5 rings (SSSR count). The quantitative estimate of drug-likeness (QED) is 0.396. The van der Waals surface area contributed by atoms with E-state index in [1.165, 1.54) is 18.2 Å². The molecule has 2 saturated heterocycles. The molecule has 2 aromatic carbocycles. The first-order valence-corrected chi connectivity index (χ1v) is 13.3. The number of hydrogen-bond donors (Lipinski definition) is 3. The van der Waals surface area contributed by atoms with Gasteiger partial charge >= 0.3 is 5.92 Å². The summed E-state index contributed by atoms with van der Waals surface area (Å²) in [5, 5.41) is 15.3. The second-order valence-corrected chi connectivity index (χ2v) is 10.1. The molecule has 10 nitrogen and oxygen atoms in total. The number of carbonyl (C=O) groups excluding carboxylic acids is 3. The molecular weight excluding hydrogens is 526 g/mol. The predicted molar refractivity (Wildman–Crippen MR) is 138 cm³/mol. The summed E-state index contributed by atoms with van der Waals surface area (Å²) in [5.74, 6) is -5.76. The number of fused-ring (bicyclic) bond motifs is 1. The van der Waals surface area contributed by atoms with Crippen molar-refractivity contribution in [3.63, 3.8) is 0 Å². The molecular formula is C28H32F2N4O6. The average Bonchev–Trinajstić information content (AvgIpc) is 3.27. The van der Waals surface area contributed by atoms with E-state index in [9.17, 15) is 19.5 Å². The number of alkyl halides is 2. The van der Waals surface area contributed by atoms with Crippen molar-refractivity contribution >= 4 is 17.7 Å². The number of benzene rings is 2. The maximum Gasteiger partial charge on any atom is 0.349 e. The fourth-order valence-electron chi connectivity index (χ4n) is 5.22. The van der Waals surface area contributed by atoms with Gasteiger partial charge < -0.3 is 19.9 Å². The zero-order chi connectivity index (χ0) is 28.3. The number of halogens is 2. The summed E-state index contributed by atoms with van der Waals surface area (Å²) in [4.78, 5) is 40.0. The summed E-state index contributed by atoms with van der Waals surface area (Å²) in [7, 11) is 0. The van der Waals surface area contributed by atoms with Gasteiger partial charge in [-0.05, 0) is 35.2 Å². The highest BCUT2D eigenvalue weighted by molar-refractivity contribution is 6.00. The molecule has 40 heavy (non-hydrogen) atoms. The van der Waals surface area contributed by atoms with Gasteiger partial charge in [0.2, 0.25) is 11.8 Å². The van der Waals surface area contributed by atoms with Crippen molar-refractivity contribution in [3.8, 4) is 5.75 Å². The van der Waals surface area contributed by atoms with Gasteiger partial charge in [0.25, 0.3) is 5.91 Å². The molecule has 2 fully saturated rings. The van der Waals surface area contributed by atoms with Gasteiger partial charge in [0, 0.05) is 44.7 Å². The van der Waals surface area contributed by atoms with Crippen LogP contribution in [0.2, 0.25) is 0 Å². The highest BCUT2D eigenvalue weighted by Crippen LogP contribution is 2.36. The van der Waals surface area contributed by atoms with Gasteiger partial charge in [0.05, 0.1) is 19.3 Å². The molecule has 0 saturated carbocycles. The summed E-state index contributed by atoms with van der Waals surface area (Å²) in [6, 6.07) is 9.73. The Bertz CT molecular complexity index is 1270. The number of piperidine rings is 1. The molecule has 2 aromatic rings. The Morgan fingerprint density at radius 3 is 2.75 bits per heavy atom. The number of imide groups is 1. The third-order valence-corrected chi connectivity index (χ3v) is 7.48. The van der Waals surface area contributed by atoms with Gasteiger partial charge in [-0.25, -0.2) is 0 Å². The Morgan fingerprint density at radius 1 is 1.18 bits per heavy atom. The SMILES string of the molecule is O=C1CCC(N2Cc3cc(CNC(=O)C(F)(F)c4cccc(OCCN5CCOCC5)c4)ccc3[C@@H]2O)C(=O)N1. The van der Waals surface area contributed by atoms with Crippen LogP contribution < -0.4 is 15.4 Å². The number of amides is 3. The van der Waals surface area contributed by atoms with E-state index in [4.69, 9.17) is 9.47 Å². The maximum atomic E-state index is 15.0. The van der Waals surface area contributed by atoms with Crippen molar-refractivity contribution < 1.29 is 37.7 Å². The first-order chi connectivity index (χ1) is 19.2. The number of aliphatic hydroxyl groups excluding tert-OH is 1. The first-order valence-electron chi connectivity index (χ1n) is 13.3. The summed E-state index contributed by atoms with van der Waals surface area (Å²) in [6.45, 7) is 3.99. The molecule has 0 aliphatic carbocycles. The summed E-state index contributed by atoms with van der Waals surface area (Å²) in [6.07, 6.45) is -0.547. The lowest BCUT2D eigenvalue weighted by atomic mass is 10.0. The van der Waals surface area contributed by atoms with E-state index in [1.807, 2.05) is 0 Å². The van der Waals surface area contributed by atoms with Crippen LogP contribution >= 0.6 is 0 Å². The van der Waals surface area contributed by atoms with Crippen LogP contribution in [0.1, 0.15) is 41.3 Å². The van der Waals surface area contributed by atoms with Gasteiger partial charge in [0.15, 0.2) is 0 Å². The molecule has 0 radical (unpaired) electrons. The third kappa shape index (κ3) is 6.15. The molecule has 2 atom stereocenters. The van der Waals surface area contributed by atoms with Crippen LogP contribution in [0.4, 0.5) is 8.78 Å². The van der Waals surface area contributed by atoms with Crippen molar-refractivity contribution in [3.05, 3.63) is 64.7 Å². The van der Waals surface area contributed by atoms with Crippen molar-refractivity contribution in [1.29, 1.82) is 0 Å². The number of nitrogens with one attached hydrogen (secondary N) is 2. The van der Waals surface area contributed by atoms with Crippen LogP contribution in [-0.2, 0) is 38.1 Å². The third-order valence-electron chi connectivity index (χ3n) is 7.48. The van der Waals surface area contributed by atoms with Gasteiger partial charge in [0.1, 0.15) is 18.6 Å². The Morgan fingerprint density at radius 2 is 1.98 bits per heavy atom. The minimum atomic E-state index is -3.78. The highest BCUT2D eigenvalue weighted by atomic mass is 19.3. The molecule has 1 unspecified atom stereocenters. The van der Waals surface area contributed by atoms with E-state index in [-0.39, 0.29) is 31.2 Å². The van der Waals surface area contributed by atoms with Crippen molar-refractivity contribution in [2.45, 2.75) is 44.1 Å². The number of carbonyl (C=O) groups is 3. The fourth-order valence-corrected chi connectivity index (χ4v) is 5.22. The fraction of sp³-hybridized carbons (Fsp3) is 0.464. The lowest BCUT2D eigenvalue weighted by Crippen LogP contribution is -2.51. The normalized spacial score (nSPS) is 22.1. The Kier molecular flexibility index (Phi) is 8.40. The number of aliphatic hydroxyl groups is 1. The van der Waals surface area contributed by atoms with Gasteiger partial charge in [-0.1, -0.05) is 30.3 Å². The molecule has 214 valence electrons. The largest absolute Gasteiger partial charge is 0.492 e. The average molecular weight is 559 g/mol. The van der Waals surface area contributed by atoms with E-state index < -0.39 is 35.6 Å². The molecule has 12 heteroatoms. The number of morpholine rings is 1. The summed E-state index contributed by atoms with van der Waals surface area (Å²) >= 11 is 0. The molecule has 0 aromatic heterocycles. The summed E-state index contributed by atoms with van der Waals surface area (Å²) in [5.41, 5.74) is 1.42. The van der Waals surface area contributed by atoms with Crippen LogP contribution in [0.5, 0.6) is 5.75 Å². The Hall–Kier alpha value is -3.45. The van der Waals surface area contributed by atoms with E-state index >= 15 is 8.78 Å². The Labute approximate surface area is 230 Å².